The van der Waals surface area contributed by atoms with Gasteiger partial charge in [-0.15, -0.1) is 11.3 Å². The van der Waals surface area contributed by atoms with Gasteiger partial charge in [0.25, 0.3) is 0 Å². The van der Waals surface area contributed by atoms with Crippen molar-refractivity contribution in [2.24, 2.45) is 9.98 Å². The van der Waals surface area contributed by atoms with Gasteiger partial charge >= 0.3 is 0 Å². The summed E-state index contributed by atoms with van der Waals surface area (Å²) in [5.74, 6) is 6.59. The molecular formula is C37H37N7S. The molecule has 8 heteroatoms. The number of nitrogens with zero attached hydrogens (tertiary/aromatic N) is 5. The van der Waals surface area contributed by atoms with E-state index in [1.807, 2.05) is 59.9 Å². The van der Waals surface area contributed by atoms with Crippen molar-refractivity contribution in [3.63, 3.8) is 0 Å². The van der Waals surface area contributed by atoms with E-state index < -0.39 is 0 Å². The summed E-state index contributed by atoms with van der Waals surface area (Å²) < 4.78 is 0. The van der Waals surface area contributed by atoms with E-state index in [-0.39, 0.29) is 0 Å². The maximum Gasteiger partial charge on any atom is 0.182 e. The number of aromatic nitrogens is 3. The van der Waals surface area contributed by atoms with E-state index in [1.54, 1.807) is 0 Å². The molecule has 226 valence electrons. The van der Waals surface area contributed by atoms with Crippen LogP contribution in [-0.4, -0.2) is 26.7 Å². The summed E-state index contributed by atoms with van der Waals surface area (Å²) in [6.45, 7) is 4.49. The Kier molecular flexibility index (Phi) is 9.46. The fourth-order valence-corrected chi connectivity index (χ4v) is 6.89. The van der Waals surface area contributed by atoms with Gasteiger partial charge in [0.2, 0.25) is 0 Å². The average Bonchev–Trinajstić information content (AvgIpc) is 3.81. The molecule has 4 aromatic rings. The average molecular weight is 612 g/mol. The van der Waals surface area contributed by atoms with Gasteiger partial charge in [0.1, 0.15) is 11.4 Å². The lowest BCUT2D eigenvalue weighted by Crippen LogP contribution is -2.10. The Morgan fingerprint density at radius 2 is 1.16 bits per heavy atom. The predicted octanol–water partition coefficient (Wildman–Crippen LogP) is 5.95. The maximum absolute atomic E-state index is 7.54. The van der Waals surface area contributed by atoms with Crippen LogP contribution in [0.15, 0.2) is 52.4 Å². The predicted molar refractivity (Wildman–Crippen MR) is 183 cm³/mol. The molecule has 2 aromatic carbocycles. The molecule has 2 N–H and O–H groups in total. The first-order chi connectivity index (χ1) is 22.1. The topological polar surface area (TPSA) is 111 Å². The largest absolute Gasteiger partial charge is 0.258 e. The summed E-state index contributed by atoms with van der Waals surface area (Å²) in [6, 6.07) is 13.7. The highest BCUT2D eigenvalue weighted by Gasteiger charge is 2.22. The number of hydrogen-bond acceptors (Lipinski definition) is 8. The number of aryl methyl sites for hydroxylation is 2. The zero-order valence-corrected chi connectivity index (χ0v) is 26.7. The number of rotatable bonds is 13. The van der Waals surface area contributed by atoms with E-state index in [0.29, 0.717) is 39.3 Å². The quantitative estimate of drug-likeness (QED) is 0.144. The van der Waals surface area contributed by atoms with Crippen LogP contribution in [-0.2, 0) is 12.8 Å². The number of hydrogen-bond donors (Lipinski definition) is 2. The molecule has 0 amide bonds. The minimum atomic E-state index is 0.502. The van der Waals surface area contributed by atoms with Crippen LogP contribution >= 0.6 is 11.3 Å². The molecule has 2 aliphatic rings. The van der Waals surface area contributed by atoms with Gasteiger partial charge < -0.3 is 0 Å². The zero-order valence-electron chi connectivity index (χ0n) is 25.9. The molecule has 0 spiro atoms. The summed E-state index contributed by atoms with van der Waals surface area (Å²) in [6.07, 6.45) is 15.7. The lowest BCUT2D eigenvalue weighted by Gasteiger charge is -2.08. The van der Waals surface area contributed by atoms with Crippen molar-refractivity contribution < 1.29 is 0 Å². The number of fused-ring (bicyclic) bond motifs is 2. The molecule has 0 aliphatic carbocycles. The second-order valence-corrected chi connectivity index (χ2v) is 12.7. The first-order valence-corrected chi connectivity index (χ1v) is 16.8. The monoisotopic (exact) mass is 611 g/mol. The summed E-state index contributed by atoms with van der Waals surface area (Å²) >= 11 is 1.81. The van der Waals surface area contributed by atoms with E-state index in [4.69, 9.17) is 35.8 Å². The molecule has 6 rings (SSSR count). The van der Waals surface area contributed by atoms with Crippen molar-refractivity contribution in [3.8, 4) is 10.7 Å². The summed E-state index contributed by atoms with van der Waals surface area (Å²) in [7, 11) is 0. The van der Waals surface area contributed by atoms with Crippen LogP contribution in [0.5, 0.6) is 0 Å². The Morgan fingerprint density at radius 1 is 0.622 bits per heavy atom. The van der Waals surface area contributed by atoms with Gasteiger partial charge in [-0.05, 0) is 97.6 Å². The van der Waals surface area contributed by atoms with E-state index in [2.05, 4.69) is 31.7 Å². The highest BCUT2D eigenvalue weighted by atomic mass is 32.1. The van der Waals surface area contributed by atoms with Crippen LogP contribution in [0.25, 0.3) is 34.2 Å². The second-order valence-electron chi connectivity index (χ2n) is 11.6. The first kappa shape index (κ1) is 30.4. The molecule has 45 heavy (non-hydrogen) atoms. The number of unbranched alkanes of at least 4 members (excludes halogenated alkanes) is 6. The van der Waals surface area contributed by atoms with Crippen molar-refractivity contribution >= 4 is 46.6 Å². The highest BCUT2D eigenvalue weighted by molar-refractivity contribution is 7.15. The number of thiophene rings is 1. The Morgan fingerprint density at radius 3 is 1.69 bits per heavy atom. The lowest BCUT2D eigenvalue weighted by molar-refractivity contribution is 0.665. The van der Waals surface area contributed by atoms with Gasteiger partial charge in [-0.25, -0.2) is 24.9 Å². The number of nitrogens with one attached hydrogen (secondary N) is 2. The molecule has 7 nitrogen and oxygen atoms in total. The highest BCUT2D eigenvalue weighted by Crippen LogP contribution is 2.35. The molecule has 4 heterocycles. The van der Waals surface area contributed by atoms with Gasteiger partial charge in [0, 0.05) is 26.4 Å². The SMILES string of the molecule is CCCCCCc1cc(CCCCCC)c(-c2nc(C3=Cc4cc(=C=N)ccc4=N3)nc(C3=Cc4cc(=C=N)ccc4=N3)n2)s1. The maximum atomic E-state index is 7.54. The Labute approximate surface area is 267 Å². The normalized spacial score (nSPS) is 12.8. The van der Waals surface area contributed by atoms with Crippen molar-refractivity contribution in [2.45, 2.75) is 78.1 Å². The molecule has 0 bridgehead atoms. The van der Waals surface area contributed by atoms with Gasteiger partial charge in [-0.2, -0.15) is 0 Å². The molecular weight excluding hydrogens is 575 g/mol. The second kappa shape index (κ2) is 14.0. The minimum absolute atomic E-state index is 0.502. The minimum Gasteiger partial charge on any atom is -0.258 e. The van der Waals surface area contributed by atoms with Crippen molar-refractivity contribution in [1.82, 2.24) is 15.0 Å². The third kappa shape index (κ3) is 6.89. The third-order valence-corrected chi connectivity index (χ3v) is 9.38. The van der Waals surface area contributed by atoms with Crippen molar-refractivity contribution in [3.05, 3.63) is 96.8 Å². The van der Waals surface area contributed by atoms with Crippen LogP contribution < -0.4 is 21.2 Å². The fraction of sp³-hybridized carbons (Fsp3) is 0.324. The summed E-state index contributed by atoms with van der Waals surface area (Å²) in [4.78, 5) is 27.2. The first-order valence-electron chi connectivity index (χ1n) is 16.0. The smallest absolute Gasteiger partial charge is 0.182 e. The molecule has 0 saturated heterocycles. The van der Waals surface area contributed by atoms with E-state index in [1.165, 1.54) is 55.4 Å². The molecule has 0 unspecified atom stereocenters. The standard InChI is InChI=1S/C37H37N7S/c1-3-5-7-9-11-26-19-29(12-10-8-6-4-2)45-34(26)37-43-35(32-20-27-17-24(22-38)13-15-30(27)40-32)42-36(44-37)33-21-28-18-25(23-39)14-16-31(28)41-33/h13-21,38-39H,3-12H2,1-2H3. The molecule has 0 radical (unpaired) electrons. The van der Waals surface area contributed by atoms with Crippen LogP contribution in [0.1, 0.15) is 98.4 Å². The van der Waals surface area contributed by atoms with Crippen LogP contribution in [0.3, 0.4) is 0 Å². The molecule has 2 aromatic heterocycles. The van der Waals surface area contributed by atoms with Gasteiger partial charge in [-0.3, -0.25) is 10.8 Å². The molecule has 2 aliphatic heterocycles. The van der Waals surface area contributed by atoms with Gasteiger partial charge in [0.05, 0.1) is 15.6 Å². The van der Waals surface area contributed by atoms with E-state index >= 15 is 0 Å². The zero-order chi connectivity index (χ0) is 31.2. The Bertz CT molecular complexity index is 2000. The summed E-state index contributed by atoms with van der Waals surface area (Å²) in [5.41, 5.74) is 4.47. The van der Waals surface area contributed by atoms with Crippen LogP contribution in [0.2, 0.25) is 0 Å². The van der Waals surface area contributed by atoms with Crippen molar-refractivity contribution in [1.29, 1.82) is 10.8 Å². The van der Waals surface area contributed by atoms with E-state index in [0.717, 1.165) is 46.0 Å². The molecule has 0 fully saturated rings. The third-order valence-electron chi connectivity index (χ3n) is 8.14. The Balaban J connectivity index is 1.45. The molecule has 0 atom stereocenters. The molecule has 0 saturated carbocycles. The number of benzene rings is 2. The van der Waals surface area contributed by atoms with Crippen LogP contribution in [0, 0.1) is 10.8 Å². The van der Waals surface area contributed by atoms with Crippen molar-refractivity contribution in [2.75, 3.05) is 0 Å². The summed E-state index contributed by atoms with van der Waals surface area (Å²) in [5, 5.41) is 18.1. The lowest BCUT2D eigenvalue weighted by atomic mass is 10.1. The van der Waals surface area contributed by atoms with Gasteiger partial charge in [-0.1, -0.05) is 52.4 Å². The van der Waals surface area contributed by atoms with Crippen LogP contribution in [0.4, 0.5) is 0 Å². The fourth-order valence-electron chi connectivity index (χ4n) is 5.71. The van der Waals surface area contributed by atoms with Gasteiger partial charge in [0.15, 0.2) is 17.5 Å². The van der Waals surface area contributed by atoms with E-state index in [9.17, 15) is 0 Å². The Hall–Kier alpha value is -4.61.